The maximum absolute atomic E-state index is 13.2. The molecule has 0 aliphatic carbocycles. The van der Waals surface area contributed by atoms with E-state index in [1.807, 2.05) is 6.92 Å². The molecule has 0 saturated carbocycles. The summed E-state index contributed by atoms with van der Waals surface area (Å²) < 4.78 is 40.1. The second-order valence-corrected chi connectivity index (χ2v) is 10.3. The average Bonchev–Trinajstić information content (AvgIpc) is 2.78. The van der Waals surface area contributed by atoms with Crippen LogP contribution < -0.4 is 14.8 Å². The molecule has 3 rings (SSSR count). The summed E-state index contributed by atoms with van der Waals surface area (Å²) in [5.41, 5.74) is 1.33. The number of benzene rings is 2. The van der Waals surface area contributed by atoms with Crippen molar-refractivity contribution in [2.75, 3.05) is 38.6 Å². The van der Waals surface area contributed by atoms with Gasteiger partial charge in [-0.25, -0.2) is 8.42 Å². The Kier molecular flexibility index (Phi) is 7.99. The number of sulfonamides is 1. The maximum Gasteiger partial charge on any atom is 0.262 e. The van der Waals surface area contributed by atoms with Crippen molar-refractivity contribution >= 4 is 21.6 Å². The van der Waals surface area contributed by atoms with E-state index in [1.165, 1.54) is 0 Å². The first-order chi connectivity index (χ1) is 15.6. The van der Waals surface area contributed by atoms with Crippen LogP contribution >= 0.6 is 0 Å². The van der Waals surface area contributed by atoms with Gasteiger partial charge in [0.2, 0.25) is 0 Å². The molecule has 9 heteroatoms. The molecule has 8 nitrogen and oxygen atoms in total. The summed E-state index contributed by atoms with van der Waals surface area (Å²) in [5.74, 6) is 0.312. The molecule has 2 aromatic rings. The molecule has 180 valence electrons. The van der Waals surface area contributed by atoms with Crippen LogP contribution in [-0.4, -0.2) is 65.2 Å². The first-order valence-electron chi connectivity index (χ1n) is 11.0. The van der Waals surface area contributed by atoms with Crippen LogP contribution in [0.4, 0.5) is 5.69 Å². The number of carbonyl (C=O) groups excluding carboxylic acids is 1. The minimum absolute atomic E-state index is 0.0254. The Hall–Kier alpha value is -2.62. The van der Waals surface area contributed by atoms with E-state index in [9.17, 15) is 13.2 Å². The standard InChI is InChI=1S/C24H33N3O5S/c1-16-8-6-7-9-23(16)33(29,30)26-19-10-11-20-21(12-19)32-15-18(3)25-13-17(2)22(31-5)14-27(4)24(20)28/h6-12,17-18,22,25-26H,13-15H2,1-5H3/t17-,18+,22+/m1/s1. The molecular formula is C24H33N3O5S. The first-order valence-corrected chi connectivity index (χ1v) is 12.5. The quantitative estimate of drug-likeness (QED) is 0.706. The summed E-state index contributed by atoms with van der Waals surface area (Å²) in [6.07, 6.45) is -0.123. The Morgan fingerprint density at radius 1 is 1.18 bits per heavy atom. The van der Waals surface area contributed by atoms with E-state index in [0.29, 0.717) is 42.3 Å². The number of nitrogens with zero attached hydrogens (tertiary/aromatic N) is 1. The van der Waals surface area contributed by atoms with Gasteiger partial charge in [0.25, 0.3) is 15.9 Å². The fourth-order valence-corrected chi connectivity index (χ4v) is 5.08. The number of aryl methyl sites for hydroxylation is 1. The van der Waals surface area contributed by atoms with Crippen molar-refractivity contribution in [1.82, 2.24) is 10.2 Å². The number of methoxy groups -OCH3 is 1. The van der Waals surface area contributed by atoms with Gasteiger partial charge >= 0.3 is 0 Å². The third kappa shape index (κ3) is 6.04. The zero-order valence-corrected chi connectivity index (χ0v) is 20.6. The third-order valence-electron chi connectivity index (χ3n) is 5.86. The van der Waals surface area contributed by atoms with Crippen molar-refractivity contribution in [2.24, 2.45) is 5.92 Å². The number of anilines is 1. The van der Waals surface area contributed by atoms with Crippen LogP contribution in [-0.2, 0) is 14.8 Å². The van der Waals surface area contributed by atoms with Crippen LogP contribution in [0, 0.1) is 12.8 Å². The minimum atomic E-state index is -3.79. The number of nitrogens with one attached hydrogen (secondary N) is 2. The number of rotatable bonds is 4. The summed E-state index contributed by atoms with van der Waals surface area (Å²) in [5, 5.41) is 3.43. The van der Waals surface area contributed by atoms with Crippen LogP contribution in [0.2, 0.25) is 0 Å². The summed E-state index contributed by atoms with van der Waals surface area (Å²) >= 11 is 0. The van der Waals surface area contributed by atoms with Gasteiger partial charge < -0.3 is 19.7 Å². The Bertz CT molecular complexity index is 1090. The predicted octanol–water partition coefficient (Wildman–Crippen LogP) is 2.89. The predicted molar refractivity (Wildman–Crippen MR) is 128 cm³/mol. The van der Waals surface area contributed by atoms with Gasteiger partial charge in [0.05, 0.1) is 22.3 Å². The lowest BCUT2D eigenvalue weighted by atomic mass is 10.0. The van der Waals surface area contributed by atoms with Gasteiger partial charge in [0.15, 0.2) is 0 Å². The van der Waals surface area contributed by atoms with Gasteiger partial charge in [-0.05, 0) is 43.5 Å². The molecule has 0 fully saturated rings. The molecule has 2 aromatic carbocycles. The highest BCUT2D eigenvalue weighted by molar-refractivity contribution is 7.92. The third-order valence-corrected chi connectivity index (χ3v) is 7.40. The molecule has 1 amide bonds. The lowest BCUT2D eigenvalue weighted by Crippen LogP contribution is -2.44. The second kappa shape index (κ2) is 10.5. The van der Waals surface area contributed by atoms with Gasteiger partial charge in [-0.3, -0.25) is 9.52 Å². The van der Waals surface area contributed by atoms with Crippen molar-refractivity contribution in [3.05, 3.63) is 53.6 Å². The molecule has 0 saturated heterocycles. The molecule has 2 N–H and O–H groups in total. The number of hydrogen-bond acceptors (Lipinski definition) is 6. The molecule has 1 aliphatic heterocycles. The van der Waals surface area contributed by atoms with Crippen LogP contribution in [0.5, 0.6) is 5.75 Å². The van der Waals surface area contributed by atoms with Gasteiger partial charge in [-0.2, -0.15) is 0 Å². The van der Waals surface area contributed by atoms with Gasteiger partial charge in [0.1, 0.15) is 12.4 Å². The number of likely N-dealkylation sites (N-methyl/N-ethyl adjacent to an activating group) is 1. The maximum atomic E-state index is 13.2. The molecule has 1 aliphatic rings. The Labute approximate surface area is 196 Å². The van der Waals surface area contributed by atoms with E-state index in [1.54, 1.807) is 68.4 Å². The zero-order valence-electron chi connectivity index (χ0n) is 19.8. The Morgan fingerprint density at radius 2 is 1.91 bits per heavy atom. The molecular weight excluding hydrogens is 442 g/mol. The summed E-state index contributed by atoms with van der Waals surface area (Å²) in [7, 11) is -0.417. The molecule has 0 spiro atoms. The zero-order chi connectivity index (χ0) is 24.2. The lowest BCUT2D eigenvalue weighted by molar-refractivity contribution is 0.0281. The summed E-state index contributed by atoms with van der Waals surface area (Å²) in [6, 6.07) is 11.5. The fourth-order valence-electron chi connectivity index (χ4n) is 3.79. The van der Waals surface area contributed by atoms with Gasteiger partial charge in [0, 0.05) is 39.4 Å². The van der Waals surface area contributed by atoms with Crippen molar-refractivity contribution in [2.45, 2.75) is 37.8 Å². The van der Waals surface area contributed by atoms with Crippen molar-refractivity contribution in [3.63, 3.8) is 0 Å². The highest BCUT2D eigenvalue weighted by atomic mass is 32.2. The molecule has 3 atom stereocenters. The lowest BCUT2D eigenvalue weighted by Gasteiger charge is -2.30. The molecule has 0 radical (unpaired) electrons. The van der Waals surface area contributed by atoms with Crippen LogP contribution in [0.25, 0.3) is 0 Å². The van der Waals surface area contributed by atoms with Crippen molar-refractivity contribution in [3.8, 4) is 5.75 Å². The molecule has 0 aromatic heterocycles. The van der Waals surface area contributed by atoms with Crippen molar-refractivity contribution < 1.29 is 22.7 Å². The van der Waals surface area contributed by atoms with Crippen LogP contribution in [0.15, 0.2) is 47.4 Å². The fraction of sp³-hybridized carbons (Fsp3) is 0.458. The monoisotopic (exact) mass is 475 g/mol. The van der Waals surface area contributed by atoms with Gasteiger partial charge in [-0.15, -0.1) is 0 Å². The van der Waals surface area contributed by atoms with E-state index in [-0.39, 0.29) is 28.9 Å². The average molecular weight is 476 g/mol. The number of carbonyl (C=O) groups is 1. The second-order valence-electron chi connectivity index (χ2n) is 8.64. The Morgan fingerprint density at radius 3 is 2.61 bits per heavy atom. The normalized spacial score (nSPS) is 22.5. The van der Waals surface area contributed by atoms with E-state index >= 15 is 0 Å². The van der Waals surface area contributed by atoms with Crippen LogP contribution in [0.3, 0.4) is 0 Å². The van der Waals surface area contributed by atoms with E-state index in [0.717, 1.165) is 0 Å². The van der Waals surface area contributed by atoms with E-state index < -0.39 is 10.0 Å². The smallest absolute Gasteiger partial charge is 0.262 e. The highest BCUT2D eigenvalue weighted by Crippen LogP contribution is 2.28. The first kappa shape index (κ1) is 25.0. The number of hydrogen-bond donors (Lipinski definition) is 2. The molecule has 0 bridgehead atoms. The van der Waals surface area contributed by atoms with Crippen molar-refractivity contribution in [1.29, 1.82) is 0 Å². The highest BCUT2D eigenvalue weighted by Gasteiger charge is 2.26. The van der Waals surface area contributed by atoms with E-state index in [4.69, 9.17) is 9.47 Å². The largest absolute Gasteiger partial charge is 0.491 e. The molecule has 1 heterocycles. The minimum Gasteiger partial charge on any atom is -0.491 e. The summed E-state index contributed by atoms with van der Waals surface area (Å²) in [6.45, 7) is 7.29. The van der Waals surface area contributed by atoms with Gasteiger partial charge in [-0.1, -0.05) is 25.1 Å². The van der Waals surface area contributed by atoms with Crippen LogP contribution in [0.1, 0.15) is 29.8 Å². The molecule has 33 heavy (non-hydrogen) atoms. The number of amides is 1. The summed E-state index contributed by atoms with van der Waals surface area (Å²) in [4.78, 5) is 15.0. The molecule has 0 unspecified atom stereocenters. The Balaban J connectivity index is 1.93. The number of fused-ring (bicyclic) bond motifs is 1. The topological polar surface area (TPSA) is 97.0 Å². The number of ether oxygens (including phenoxy) is 2. The SMILES string of the molecule is CO[C@H]1CN(C)C(=O)c2ccc(NS(=O)(=O)c3ccccc3C)cc2OC[C@H](C)NC[C@H]1C. The van der Waals surface area contributed by atoms with E-state index in [2.05, 4.69) is 17.0 Å².